The number of fused-ring (bicyclic) bond motifs is 3. The molecule has 4 rings (SSSR count). The number of carbonyl (C=O) groups excluding carboxylic acids is 2. The number of rotatable bonds is 7. The van der Waals surface area contributed by atoms with Crippen LogP contribution in [0.15, 0.2) is 42.5 Å². The lowest BCUT2D eigenvalue weighted by atomic mass is 9.89. The molecule has 1 aliphatic heterocycles. The Kier molecular flexibility index (Phi) is 6.72. The average Bonchev–Trinajstić information content (AvgIpc) is 3.14. The zero-order valence-electron chi connectivity index (χ0n) is 18.1. The molecular formula is C24H25Cl2N3O3. The average molecular weight is 474 g/mol. The van der Waals surface area contributed by atoms with Gasteiger partial charge in [-0.3, -0.25) is 14.5 Å². The maximum Gasteiger partial charge on any atom is 0.321 e. The predicted molar refractivity (Wildman–Crippen MR) is 126 cm³/mol. The van der Waals surface area contributed by atoms with Crippen molar-refractivity contribution in [2.75, 3.05) is 18.1 Å². The van der Waals surface area contributed by atoms with Crippen molar-refractivity contribution in [3.8, 4) is 0 Å². The van der Waals surface area contributed by atoms with E-state index >= 15 is 0 Å². The quantitative estimate of drug-likeness (QED) is 0.252. The summed E-state index contributed by atoms with van der Waals surface area (Å²) in [6.45, 7) is 4.49. The maximum atomic E-state index is 13.7. The van der Waals surface area contributed by atoms with Gasteiger partial charge in [0.1, 0.15) is 0 Å². The zero-order chi connectivity index (χ0) is 22.8. The summed E-state index contributed by atoms with van der Waals surface area (Å²) in [5.41, 5.74) is 2.19. The SMILES string of the molecule is CCCCCN1C(=O)[C@@H](C(=O)OCC)[C@@H](c2ccc(Cl)cc2Cl)n2c1nc1ccccc12. The van der Waals surface area contributed by atoms with Crippen molar-refractivity contribution in [1.82, 2.24) is 9.55 Å². The van der Waals surface area contributed by atoms with Crippen LogP contribution in [-0.2, 0) is 14.3 Å². The molecule has 0 spiro atoms. The normalized spacial score (nSPS) is 18.1. The van der Waals surface area contributed by atoms with Gasteiger partial charge in [-0.15, -0.1) is 0 Å². The van der Waals surface area contributed by atoms with Crippen LogP contribution in [0.25, 0.3) is 11.0 Å². The van der Waals surface area contributed by atoms with Crippen LogP contribution in [0.2, 0.25) is 10.0 Å². The van der Waals surface area contributed by atoms with Crippen LogP contribution in [0.4, 0.5) is 5.95 Å². The molecule has 168 valence electrons. The van der Waals surface area contributed by atoms with Crippen molar-refractivity contribution in [2.45, 2.75) is 39.2 Å². The Bertz CT molecular complexity index is 1160. The smallest absolute Gasteiger partial charge is 0.321 e. The Hall–Kier alpha value is -2.57. The number of aromatic nitrogens is 2. The molecule has 2 heterocycles. The van der Waals surface area contributed by atoms with E-state index in [1.165, 1.54) is 0 Å². The van der Waals surface area contributed by atoms with Gasteiger partial charge in [-0.2, -0.15) is 0 Å². The van der Waals surface area contributed by atoms with Crippen LogP contribution < -0.4 is 4.90 Å². The summed E-state index contributed by atoms with van der Waals surface area (Å²) in [4.78, 5) is 33.3. The number of nitrogens with zero attached hydrogens (tertiary/aromatic N) is 3. The third kappa shape index (κ3) is 3.97. The molecular weight excluding hydrogens is 449 g/mol. The van der Waals surface area contributed by atoms with Gasteiger partial charge >= 0.3 is 5.97 Å². The van der Waals surface area contributed by atoms with Crippen molar-refractivity contribution in [3.63, 3.8) is 0 Å². The minimum absolute atomic E-state index is 0.178. The first-order valence-electron chi connectivity index (χ1n) is 10.9. The highest BCUT2D eigenvalue weighted by atomic mass is 35.5. The summed E-state index contributed by atoms with van der Waals surface area (Å²) in [5.74, 6) is -1.46. The molecule has 0 radical (unpaired) electrons. The van der Waals surface area contributed by atoms with Crippen molar-refractivity contribution >= 4 is 52.1 Å². The molecule has 0 N–H and O–H groups in total. The second-order valence-corrected chi connectivity index (χ2v) is 8.65. The Balaban J connectivity index is 1.97. The number of hydrogen-bond donors (Lipinski definition) is 0. The molecule has 0 saturated heterocycles. The van der Waals surface area contributed by atoms with E-state index in [0.29, 0.717) is 28.1 Å². The number of ether oxygens (including phenoxy) is 1. The number of amides is 1. The lowest BCUT2D eigenvalue weighted by molar-refractivity contribution is -0.153. The van der Waals surface area contributed by atoms with Crippen LogP contribution >= 0.6 is 23.2 Å². The van der Waals surface area contributed by atoms with Gasteiger partial charge in [0.25, 0.3) is 0 Å². The molecule has 1 aromatic heterocycles. The first kappa shape index (κ1) is 22.6. The van der Waals surface area contributed by atoms with E-state index in [1.54, 1.807) is 30.0 Å². The molecule has 1 amide bonds. The van der Waals surface area contributed by atoms with E-state index in [2.05, 4.69) is 6.92 Å². The van der Waals surface area contributed by atoms with E-state index in [4.69, 9.17) is 32.9 Å². The van der Waals surface area contributed by atoms with Crippen LogP contribution in [-0.4, -0.2) is 34.6 Å². The van der Waals surface area contributed by atoms with Gasteiger partial charge in [0.2, 0.25) is 11.9 Å². The molecule has 2 atom stereocenters. The Morgan fingerprint density at radius 1 is 1.12 bits per heavy atom. The number of anilines is 1. The first-order valence-corrected chi connectivity index (χ1v) is 11.6. The lowest BCUT2D eigenvalue weighted by Gasteiger charge is -2.38. The Labute approximate surface area is 197 Å². The summed E-state index contributed by atoms with van der Waals surface area (Å²) in [7, 11) is 0. The lowest BCUT2D eigenvalue weighted by Crippen LogP contribution is -2.50. The van der Waals surface area contributed by atoms with Crippen LogP contribution in [0.1, 0.15) is 44.7 Å². The van der Waals surface area contributed by atoms with Gasteiger partial charge in [-0.05, 0) is 43.2 Å². The van der Waals surface area contributed by atoms with Crippen molar-refractivity contribution in [2.24, 2.45) is 5.92 Å². The fourth-order valence-electron chi connectivity index (χ4n) is 4.30. The molecule has 0 aliphatic carbocycles. The van der Waals surface area contributed by atoms with Gasteiger partial charge in [0.15, 0.2) is 5.92 Å². The number of imidazole rings is 1. The largest absolute Gasteiger partial charge is 0.465 e. The van der Waals surface area contributed by atoms with Crippen molar-refractivity contribution < 1.29 is 14.3 Å². The molecule has 1 aliphatic rings. The molecule has 0 bridgehead atoms. The molecule has 8 heteroatoms. The number of halogens is 2. The molecule has 3 aromatic rings. The number of esters is 1. The third-order valence-electron chi connectivity index (χ3n) is 5.75. The predicted octanol–water partition coefficient (Wildman–Crippen LogP) is 5.65. The highest BCUT2D eigenvalue weighted by Gasteiger charge is 2.48. The second-order valence-electron chi connectivity index (χ2n) is 7.81. The number of unbranched alkanes of at least 4 members (excludes halogenated alkanes) is 2. The van der Waals surface area contributed by atoms with E-state index in [9.17, 15) is 9.59 Å². The van der Waals surface area contributed by atoms with Gasteiger partial charge < -0.3 is 9.30 Å². The fourth-order valence-corrected chi connectivity index (χ4v) is 4.82. The number of carbonyl (C=O) groups is 2. The minimum Gasteiger partial charge on any atom is -0.465 e. The van der Waals surface area contributed by atoms with Crippen LogP contribution in [0.3, 0.4) is 0 Å². The van der Waals surface area contributed by atoms with Crippen LogP contribution in [0.5, 0.6) is 0 Å². The van der Waals surface area contributed by atoms with Crippen molar-refractivity contribution in [3.05, 3.63) is 58.1 Å². The number of para-hydroxylation sites is 2. The fraction of sp³-hybridized carbons (Fsp3) is 0.375. The summed E-state index contributed by atoms with van der Waals surface area (Å²) < 4.78 is 7.30. The Morgan fingerprint density at radius 2 is 1.91 bits per heavy atom. The molecule has 0 unspecified atom stereocenters. The third-order valence-corrected chi connectivity index (χ3v) is 6.31. The molecule has 0 fully saturated rings. The number of hydrogen-bond acceptors (Lipinski definition) is 4. The van der Waals surface area contributed by atoms with Crippen molar-refractivity contribution in [1.29, 1.82) is 0 Å². The summed E-state index contributed by atoms with van der Waals surface area (Å²) in [5, 5.41) is 0.859. The molecule has 2 aromatic carbocycles. The highest BCUT2D eigenvalue weighted by molar-refractivity contribution is 6.35. The van der Waals surface area contributed by atoms with E-state index in [-0.39, 0.29) is 12.5 Å². The topological polar surface area (TPSA) is 64.4 Å². The Morgan fingerprint density at radius 3 is 2.62 bits per heavy atom. The summed E-state index contributed by atoms with van der Waals surface area (Å²) in [6, 6.07) is 12.0. The van der Waals surface area contributed by atoms with Crippen LogP contribution in [0, 0.1) is 5.92 Å². The highest BCUT2D eigenvalue weighted by Crippen LogP contribution is 2.43. The minimum atomic E-state index is -1.08. The zero-order valence-corrected chi connectivity index (χ0v) is 19.6. The molecule has 32 heavy (non-hydrogen) atoms. The van der Waals surface area contributed by atoms with Gasteiger partial charge in [0.05, 0.1) is 23.7 Å². The second kappa shape index (κ2) is 9.51. The standard InChI is InChI=1S/C24H25Cl2N3O3/c1-3-5-8-13-28-22(30)20(23(31)32-4-2)21(16-12-11-15(25)14-17(16)26)29-19-10-7-6-9-18(19)27-24(28)29/h6-7,9-12,14,20-21H,3-5,8,13H2,1-2H3/t20-,21+/m0/s1. The summed E-state index contributed by atoms with van der Waals surface area (Å²) >= 11 is 12.7. The summed E-state index contributed by atoms with van der Waals surface area (Å²) in [6.07, 6.45) is 2.80. The first-order chi connectivity index (χ1) is 15.5. The van der Waals surface area contributed by atoms with E-state index < -0.39 is 17.9 Å². The van der Waals surface area contributed by atoms with Gasteiger partial charge in [-0.25, -0.2) is 4.98 Å². The van der Waals surface area contributed by atoms with E-state index in [1.807, 2.05) is 28.8 Å². The van der Waals surface area contributed by atoms with Gasteiger partial charge in [-0.1, -0.05) is 61.2 Å². The molecule has 6 nitrogen and oxygen atoms in total. The molecule has 0 saturated carbocycles. The monoisotopic (exact) mass is 473 g/mol. The number of benzene rings is 2. The van der Waals surface area contributed by atoms with Gasteiger partial charge in [0, 0.05) is 16.6 Å². The van der Waals surface area contributed by atoms with E-state index in [0.717, 1.165) is 30.3 Å². The maximum absolute atomic E-state index is 13.7.